The zero-order valence-electron chi connectivity index (χ0n) is 13.6. The molecule has 5 nitrogen and oxygen atoms in total. The van der Waals surface area contributed by atoms with Gasteiger partial charge in [0.05, 0.1) is 12.1 Å². The van der Waals surface area contributed by atoms with Crippen molar-refractivity contribution in [3.63, 3.8) is 0 Å². The summed E-state index contributed by atoms with van der Waals surface area (Å²) in [5.41, 5.74) is -1.28. The number of halogens is 5. The maximum Gasteiger partial charge on any atom is 0.498 e. The summed E-state index contributed by atoms with van der Waals surface area (Å²) in [6, 6.07) is -0.00879. The number of carbonyl (C=O) groups excluding carboxylic acids is 1. The molecule has 0 saturated carbocycles. The molecule has 0 aliphatic carbocycles. The van der Waals surface area contributed by atoms with E-state index in [2.05, 4.69) is 0 Å². The highest BCUT2D eigenvalue weighted by Gasteiger charge is 2.36. The van der Waals surface area contributed by atoms with Crippen molar-refractivity contribution in [2.75, 3.05) is 19.8 Å². The van der Waals surface area contributed by atoms with Gasteiger partial charge < -0.3 is 13.6 Å². The summed E-state index contributed by atoms with van der Waals surface area (Å²) >= 11 is 0. The molecule has 1 rings (SSSR count). The van der Waals surface area contributed by atoms with Crippen LogP contribution in [0.25, 0.3) is 0 Å². The monoisotopic (exact) mass is 387 g/mol. The average molecular weight is 387 g/mol. The summed E-state index contributed by atoms with van der Waals surface area (Å²) in [5.74, 6) is -9.77. The number of hydrogen-bond acceptors (Lipinski definition) is 4. The van der Waals surface area contributed by atoms with Crippen LogP contribution in [-0.2, 0) is 8.85 Å². The van der Waals surface area contributed by atoms with E-state index in [0.29, 0.717) is 0 Å². The van der Waals surface area contributed by atoms with E-state index in [1.807, 2.05) is 0 Å². The number of benzene rings is 1. The lowest BCUT2D eigenvalue weighted by atomic mass is 10.1. The van der Waals surface area contributed by atoms with E-state index >= 15 is 0 Å². The number of hydrogen-bond donors (Lipinski definition) is 1. The molecule has 1 aromatic rings. The summed E-state index contributed by atoms with van der Waals surface area (Å²) in [6.45, 7) is 2.97. The Hall–Kier alpha value is -1.56. The molecule has 0 aliphatic heterocycles. The van der Waals surface area contributed by atoms with Crippen LogP contribution in [0.4, 0.5) is 22.0 Å². The van der Waals surface area contributed by atoms with E-state index in [9.17, 15) is 31.6 Å². The first-order chi connectivity index (χ1) is 11.7. The molecule has 142 valence electrons. The molecule has 1 aromatic carbocycles. The predicted molar refractivity (Wildman–Crippen MR) is 79.1 cm³/mol. The Morgan fingerprint density at radius 2 is 1.68 bits per heavy atom. The first kappa shape index (κ1) is 21.5. The molecule has 0 atom stereocenters. The van der Waals surface area contributed by atoms with Gasteiger partial charge in [-0.1, -0.05) is 4.48 Å². The summed E-state index contributed by atoms with van der Waals surface area (Å²) in [5, 5.41) is -0.484. The SMILES string of the molecule is CCO[Si](O)(CCCN(F)C(=O)c1cc(F)c(F)c(F)c1F)OCC. The third-order valence-electron chi connectivity index (χ3n) is 3.14. The first-order valence-electron chi connectivity index (χ1n) is 7.47. The molecule has 0 radical (unpaired) electrons. The fourth-order valence-corrected chi connectivity index (χ4v) is 3.92. The minimum atomic E-state index is -3.51. The van der Waals surface area contributed by atoms with Gasteiger partial charge in [-0.3, -0.25) is 4.79 Å². The highest BCUT2D eigenvalue weighted by molar-refractivity contribution is 6.59. The van der Waals surface area contributed by atoms with Gasteiger partial charge in [0, 0.05) is 19.3 Å². The van der Waals surface area contributed by atoms with E-state index in [4.69, 9.17) is 8.85 Å². The fraction of sp³-hybridized carbons (Fsp3) is 0.500. The second-order valence-corrected chi connectivity index (χ2v) is 7.42. The summed E-state index contributed by atoms with van der Waals surface area (Å²) in [4.78, 5) is 21.8. The van der Waals surface area contributed by atoms with Crippen molar-refractivity contribution in [2.24, 2.45) is 0 Å². The van der Waals surface area contributed by atoms with Crippen molar-refractivity contribution in [1.82, 2.24) is 5.12 Å². The van der Waals surface area contributed by atoms with Gasteiger partial charge in [0.2, 0.25) is 0 Å². The zero-order chi connectivity index (χ0) is 19.2. The van der Waals surface area contributed by atoms with Gasteiger partial charge in [0.25, 0.3) is 5.91 Å². The molecular formula is C14H18F5NO4Si. The molecular weight excluding hydrogens is 369 g/mol. The van der Waals surface area contributed by atoms with Gasteiger partial charge in [-0.15, -0.1) is 0 Å². The summed E-state index contributed by atoms with van der Waals surface area (Å²) < 4.78 is 76.6. The molecule has 0 heterocycles. The third-order valence-corrected chi connectivity index (χ3v) is 5.61. The topological polar surface area (TPSA) is 59.0 Å². The van der Waals surface area contributed by atoms with Gasteiger partial charge in [-0.2, -0.15) is 5.12 Å². The van der Waals surface area contributed by atoms with Crippen LogP contribution in [0.2, 0.25) is 6.04 Å². The number of nitrogens with zero attached hydrogens (tertiary/aromatic N) is 1. The third kappa shape index (κ3) is 5.46. The number of rotatable bonds is 9. The molecule has 1 amide bonds. The van der Waals surface area contributed by atoms with Crippen LogP contribution in [-0.4, -0.2) is 44.4 Å². The average Bonchev–Trinajstić information content (AvgIpc) is 2.55. The maximum absolute atomic E-state index is 13.8. The Labute approximate surface area is 142 Å². The van der Waals surface area contributed by atoms with Gasteiger partial charge in [0.1, 0.15) is 0 Å². The van der Waals surface area contributed by atoms with Gasteiger partial charge >= 0.3 is 8.80 Å². The lowest BCUT2D eigenvalue weighted by molar-refractivity contribution is 0.0178. The minimum Gasteiger partial charge on any atom is -0.390 e. The summed E-state index contributed by atoms with van der Waals surface area (Å²) in [6.07, 6.45) is -0.112. The van der Waals surface area contributed by atoms with E-state index in [-0.39, 0.29) is 31.7 Å². The van der Waals surface area contributed by atoms with Crippen LogP contribution in [0.3, 0.4) is 0 Å². The van der Waals surface area contributed by atoms with E-state index < -0.39 is 55.2 Å². The summed E-state index contributed by atoms with van der Waals surface area (Å²) in [7, 11) is -3.51. The normalized spacial score (nSPS) is 11.7. The van der Waals surface area contributed by atoms with E-state index in [0.717, 1.165) is 0 Å². The smallest absolute Gasteiger partial charge is 0.390 e. The Kier molecular flexibility index (Phi) is 7.92. The molecule has 0 unspecified atom stereocenters. The molecule has 0 bridgehead atoms. The lowest BCUT2D eigenvalue weighted by Crippen LogP contribution is -2.43. The van der Waals surface area contributed by atoms with Crippen molar-refractivity contribution < 1.29 is 40.5 Å². The molecule has 1 N–H and O–H groups in total. The highest BCUT2D eigenvalue weighted by atomic mass is 28.4. The Balaban J connectivity index is 2.75. The van der Waals surface area contributed by atoms with Crippen molar-refractivity contribution in [2.45, 2.75) is 26.3 Å². The van der Waals surface area contributed by atoms with Crippen molar-refractivity contribution >= 4 is 14.7 Å². The van der Waals surface area contributed by atoms with E-state index in [1.165, 1.54) is 0 Å². The Morgan fingerprint density at radius 1 is 1.12 bits per heavy atom. The Bertz CT molecular complexity index is 613. The van der Waals surface area contributed by atoms with Crippen molar-refractivity contribution in [3.05, 3.63) is 34.9 Å². The molecule has 0 spiro atoms. The van der Waals surface area contributed by atoms with Crippen molar-refractivity contribution in [3.8, 4) is 0 Å². The largest absolute Gasteiger partial charge is 0.498 e. The van der Waals surface area contributed by atoms with Gasteiger partial charge in [-0.05, 0) is 26.3 Å². The van der Waals surface area contributed by atoms with Crippen molar-refractivity contribution in [1.29, 1.82) is 0 Å². The number of amides is 1. The van der Waals surface area contributed by atoms with E-state index in [1.54, 1.807) is 13.8 Å². The Morgan fingerprint density at radius 3 is 2.20 bits per heavy atom. The zero-order valence-corrected chi connectivity index (χ0v) is 14.6. The molecule has 0 saturated heterocycles. The fourth-order valence-electron chi connectivity index (χ4n) is 2.04. The van der Waals surface area contributed by atoms with Crippen LogP contribution >= 0.6 is 0 Å². The highest BCUT2D eigenvalue weighted by Crippen LogP contribution is 2.21. The van der Waals surface area contributed by atoms with Gasteiger partial charge in [0.15, 0.2) is 23.3 Å². The van der Waals surface area contributed by atoms with Crippen LogP contribution in [0, 0.1) is 23.3 Å². The van der Waals surface area contributed by atoms with Crippen LogP contribution in [0.5, 0.6) is 0 Å². The second kappa shape index (κ2) is 9.22. The molecule has 0 aromatic heterocycles. The van der Waals surface area contributed by atoms with Gasteiger partial charge in [-0.25, -0.2) is 17.6 Å². The predicted octanol–water partition coefficient (Wildman–Crippen LogP) is 2.96. The van der Waals surface area contributed by atoms with Crippen LogP contribution in [0.15, 0.2) is 6.07 Å². The van der Waals surface area contributed by atoms with Crippen LogP contribution in [0.1, 0.15) is 30.6 Å². The lowest BCUT2D eigenvalue weighted by Gasteiger charge is -2.23. The molecule has 0 aliphatic rings. The molecule has 25 heavy (non-hydrogen) atoms. The maximum atomic E-state index is 13.8. The molecule has 11 heteroatoms. The standard InChI is InChI=1S/C14H18F5NO4Si/c1-3-23-25(22,24-4-2)7-5-6-20(19)14(21)9-8-10(15)12(17)13(18)11(9)16/h8,22H,3-7H2,1-2H3. The quantitative estimate of drug-likeness (QED) is 0.233. The first-order valence-corrected chi connectivity index (χ1v) is 9.44. The molecule has 0 fully saturated rings. The van der Waals surface area contributed by atoms with Crippen LogP contribution < -0.4 is 0 Å². The minimum absolute atomic E-state index is 0.0775. The number of carbonyl (C=O) groups is 1. The second-order valence-electron chi connectivity index (χ2n) is 4.92.